The van der Waals surface area contributed by atoms with Crippen molar-refractivity contribution >= 4 is 35.4 Å². The highest BCUT2D eigenvalue weighted by Gasteiger charge is 2.14. The van der Waals surface area contributed by atoms with Crippen LogP contribution in [0, 0.1) is 6.92 Å². The molecule has 0 unspecified atom stereocenters. The van der Waals surface area contributed by atoms with E-state index in [1.54, 1.807) is 61.5 Å². The third-order valence-electron chi connectivity index (χ3n) is 4.00. The highest BCUT2D eigenvalue weighted by molar-refractivity contribution is 7.10. The fourth-order valence-corrected chi connectivity index (χ4v) is 3.12. The van der Waals surface area contributed by atoms with Crippen molar-refractivity contribution < 1.29 is 14.7 Å². The van der Waals surface area contributed by atoms with Crippen molar-refractivity contribution in [3.8, 4) is 5.75 Å². The lowest BCUT2D eigenvalue weighted by molar-refractivity contribution is -0.117. The molecule has 1 heterocycles. The van der Waals surface area contributed by atoms with E-state index in [4.69, 9.17) is 0 Å². The zero-order valence-corrected chi connectivity index (χ0v) is 16.4. The monoisotopic (exact) mass is 405 g/mol. The molecule has 0 fully saturated rings. The van der Waals surface area contributed by atoms with Crippen LogP contribution in [0.15, 0.2) is 76.8 Å². The average Bonchev–Trinajstić information content (AvgIpc) is 3.24. The SMILES string of the molecule is Cc1cccc(/C=N\NC(=O)/C(=C\c2cccs2)NC(=O)c2ccccc2)c1O. The highest BCUT2D eigenvalue weighted by Crippen LogP contribution is 2.19. The van der Waals surface area contributed by atoms with Crippen molar-refractivity contribution in [3.63, 3.8) is 0 Å². The molecule has 3 N–H and O–H groups in total. The van der Waals surface area contributed by atoms with Gasteiger partial charge in [0, 0.05) is 16.0 Å². The van der Waals surface area contributed by atoms with Gasteiger partial charge in [-0.05, 0) is 48.2 Å². The summed E-state index contributed by atoms with van der Waals surface area (Å²) in [5.41, 5.74) is 4.06. The maximum atomic E-state index is 12.6. The van der Waals surface area contributed by atoms with E-state index in [9.17, 15) is 14.7 Å². The molecule has 0 aliphatic carbocycles. The summed E-state index contributed by atoms with van der Waals surface area (Å²) in [6, 6.07) is 17.5. The Balaban J connectivity index is 1.77. The smallest absolute Gasteiger partial charge is 0.287 e. The van der Waals surface area contributed by atoms with Crippen LogP contribution in [0.4, 0.5) is 0 Å². The van der Waals surface area contributed by atoms with Crippen LogP contribution in [-0.4, -0.2) is 23.1 Å². The van der Waals surface area contributed by atoms with Crippen LogP contribution in [0.5, 0.6) is 5.75 Å². The van der Waals surface area contributed by atoms with Gasteiger partial charge in [-0.15, -0.1) is 11.3 Å². The lowest BCUT2D eigenvalue weighted by Gasteiger charge is -2.09. The van der Waals surface area contributed by atoms with E-state index in [0.717, 1.165) is 4.88 Å². The highest BCUT2D eigenvalue weighted by atomic mass is 32.1. The first-order valence-corrected chi connectivity index (χ1v) is 9.66. The number of nitrogens with one attached hydrogen (secondary N) is 2. The Labute approximate surface area is 172 Å². The Morgan fingerprint density at radius 3 is 2.55 bits per heavy atom. The molecule has 3 aromatic rings. The second-order valence-electron chi connectivity index (χ2n) is 6.11. The van der Waals surface area contributed by atoms with Crippen LogP contribution in [-0.2, 0) is 4.79 Å². The molecule has 2 aromatic carbocycles. The summed E-state index contributed by atoms with van der Waals surface area (Å²) in [5, 5.41) is 18.4. The molecule has 29 heavy (non-hydrogen) atoms. The third kappa shape index (κ3) is 5.40. The summed E-state index contributed by atoms with van der Waals surface area (Å²) in [5.74, 6) is -0.882. The molecule has 0 saturated heterocycles. The number of hydrogen-bond donors (Lipinski definition) is 3. The fourth-order valence-electron chi connectivity index (χ4n) is 2.46. The molecule has 0 bridgehead atoms. The van der Waals surface area contributed by atoms with Gasteiger partial charge in [0.15, 0.2) is 0 Å². The van der Waals surface area contributed by atoms with Gasteiger partial charge in [0.2, 0.25) is 0 Å². The molecule has 3 rings (SSSR count). The maximum Gasteiger partial charge on any atom is 0.287 e. The van der Waals surface area contributed by atoms with Gasteiger partial charge in [0.25, 0.3) is 11.8 Å². The van der Waals surface area contributed by atoms with E-state index in [-0.39, 0.29) is 11.4 Å². The third-order valence-corrected chi connectivity index (χ3v) is 4.82. The minimum Gasteiger partial charge on any atom is -0.507 e. The molecule has 6 nitrogen and oxygen atoms in total. The molecule has 1 aromatic heterocycles. The van der Waals surface area contributed by atoms with Crippen LogP contribution in [0.25, 0.3) is 6.08 Å². The Kier molecular flexibility index (Phi) is 6.55. The summed E-state index contributed by atoms with van der Waals surface area (Å²) in [6.45, 7) is 1.77. The zero-order valence-electron chi connectivity index (χ0n) is 15.6. The molecule has 2 amide bonds. The standard InChI is InChI=1S/C22H19N3O3S/c1-15-7-5-10-17(20(15)26)14-23-25-22(28)19(13-18-11-6-12-29-18)24-21(27)16-8-3-2-4-9-16/h2-14,26H,1H3,(H,24,27)(H,25,28)/b19-13+,23-14-. The number of hydrogen-bond acceptors (Lipinski definition) is 5. The first-order valence-electron chi connectivity index (χ1n) is 8.78. The lowest BCUT2D eigenvalue weighted by atomic mass is 10.1. The summed E-state index contributed by atoms with van der Waals surface area (Å²) >= 11 is 1.44. The number of phenolic OH excluding ortho intramolecular Hbond substituents is 1. The van der Waals surface area contributed by atoms with Crippen molar-refractivity contribution in [1.29, 1.82) is 0 Å². The Morgan fingerprint density at radius 2 is 1.83 bits per heavy atom. The Hall–Kier alpha value is -3.71. The zero-order chi connectivity index (χ0) is 20.6. The van der Waals surface area contributed by atoms with Crippen molar-refractivity contribution in [3.05, 3.63) is 93.3 Å². The molecule has 0 radical (unpaired) electrons. The quantitative estimate of drug-likeness (QED) is 0.332. The first-order chi connectivity index (χ1) is 14.0. The molecule has 0 saturated carbocycles. The van der Waals surface area contributed by atoms with Gasteiger partial charge in [-0.25, -0.2) is 5.43 Å². The number of aryl methyl sites for hydroxylation is 1. The van der Waals surface area contributed by atoms with E-state index in [0.29, 0.717) is 16.7 Å². The number of amides is 2. The summed E-state index contributed by atoms with van der Waals surface area (Å²) < 4.78 is 0. The van der Waals surface area contributed by atoms with Crippen LogP contribution in [0.2, 0.25) is 0 Å². The van der Waals surface area contributed by atoms with Crippen LogP contribution in [0.3, 0.4) is 0 Å². The summed E-state index contributed by atoms with van der Waals surface area (Å²) in [4.78, 5) is 25.9. The Bertz CT molecular complexity index is 1060. The largest absolute Gasteiger partial charge is 0.507 e. The fraction of sp³-hybridized carbons (Fsp3) is 0.0455. The summed E-state index contributed by atoms with van der Waals surface area (Å²) in [7, 11) is 0. The van der Waals surface area contributed by atoms with Gasteiger partial charge < -0.3 is 10.4 Å². The number of phenols is 1. The van der Waals surface area contributed by atoms with Crippen molar-refractivity contribution in [2.75, 3.05) is 0 Å². The van der Waals surface area contributed by atoms with Gasteiger partial charge in [-0.2, -0.15) is 5.10 Å². The second-order valence-corrected chi connectivity index (χ2v) is 7.08. The van der Waals surface area contributed by atoms with Crippen molar-refractivity contribution in [2.45, 2.75) is 6.92 Å². The molecule has 7 heteroatoms. The van der Waals surface area contributed by atoms with Crippen LogP contribution < -0.4 is 10.7 Å². The molecule has 0 spiro atoms. The summed E-state index contributed by atoms with van der Waals surface area (Å²) in [6.07, 6.45) is 2.93. The van der Waals surface area contributed by atoms with Crippen LogP contribution in [0.1, 0.15) is 26.4 Å². The molecule has 0 aliphatic heterocycles. The number of carbonyl (C=O) groups is 2. The molecular weight excluding hydrogens is 386 g/mol. The normalized spacial score (nSPS) is 11.4. The van der Waals surface area contributed by atoms with E-state index < -0.39 is 11.8 Å². The molecule has 0 atom stereocenters. The van der Waals surface area contributed by atoms with Gasteiger partial charge in [0.05, 0.1) is 6.21 Å². The number of hydrazone groups is 1. The average molecular weight is 405 g/mol. The number of thiophene rings is 1. The van der Waals surface area contributed by atoms with Crippen molar-refractivity contribution in [1.82, 2.24) is 10.7 Å². The predicted molar refractivity (Wildman–Crippen MR) is 115 cm³/mol. The van der Waals surface area contributed by atoms with Crippen molar-refractivity contribution in [2.24, 2.45) is 5.10 Å². The first kappa shape index (κ1) is 20.0. The molecule has 0 aliphatic rings. The topological polar surface area (TPSA) is 90.8 Å². The second kappa shape index (κ2) is 9.48. The predicted octanol–water partition coefficient (Wildman–Crippen LogP) is 3.68. The number of carbonyl (C=O) groups excluding carboxylic acids is 2. The number of nitrogens with zero attached hydrogens (tertiary/aromatic N) is 1. The Morgan fingerprint density at radius 1 is 1.03 bits per heavy atom. The number of para-hydroxylation sites is 1. The van der Waals surface area contributed by atoms with Gasteiger partial charge in [-0.3, -0.25) is 9.59 Å². The van der Waals surface area contributed by atoms with Gasteiger partial charge in [0.1, 0.15) is 11.4 Å². The van der Waals surface area contributed by atoms with Gasteiger partial charge >= 0.3 is 0 Å². The molecular formula is C22H19N3O3S. The number of aromatic hydroxyl groups is 1. The van der Waals surface area contributed by atoms with Crippen LogP contribution >= 0.6 is 11.3 Å². The molecule has 146 valence electrons. The minimum absolute atomic E-state index is 0.0620. The number of benzene rings is 2. The van der Waals surface area contributed by atoms with E-state index >= 15 is 0 Å². The van der Waals surface area contributed by atoms with E-state index in [1.807, 2.05) is 17.5 Å². The van der Waals surface area contributed by atoms with E-state index in [2.05, 4.69) is 15.8 Å². The minimum atomic E-state index is -0.578. The lowest BCUT2D eigenvalue weighted by Crippen LogP contribution is -2.32. The number of rotatable bonds is 6. The van der Waals surface area contributed by atoms with E-state index in [1.165, 1.54) is 17.6 Å². The maximum absolute atomic E-state index is 12.6. The van der Waals surface area contributed by atoms with Gasteiger partial charge in [-0.1, -0.05) is 36.4 Å².